The first-order chi connectivity index (χ1) is 8.13. The van der Waals surface area contributed by atoms with E-state index in [0.717, 1.165) is 12.5 Å². The molecule has 1 saturated heterocycles. The Morgan fingerprint density at radius 3 is 2.76 bits per heavy atom. The SMILES string of the molecule is COC1CCC(NC2C3CCOC3C2(C)C)C1. The fraction of sp³-hybridized carbons (Fsp3) is 1.00. The van der Waals surface area contributed by atoms with Crippen LogP contribution in [0, 0.1) is 11.3 Å². The quantitative estimate of drug-likeness (QED) is 0.816. The smallest absolute Gasteiger partial charge is 0.0685 e. The standard InChI is InChI=1S/C14H25NO2/c1-14(2)12(11-6-7-17-13(11)14)15-9-4-5-10(8-9)16-3/h9-13,15H,4-8H2,1-3H3. The second-order valence-corrected chi connectivity index (χ2v) is 6.58. The molecule has 0 aromatic rings. The molecule has 3 nitrogen and oxygen atoms in total. The maximum Gasteiger partial charge on any atom is 0.0685 e. The van der Waals surface area contributed by atoms with Gasteiger partial charge in [0.1, 0.15) is 0 Å². The maximum absolute atomic E-state index is 5.84. The van der Waals surface area contributed by atoms with Crippen LogP contribution >= 0.6 is 0 Å². The van der Waals surface area contributed by atoms with Crippen molar-refractivity contribution in [3.05, 3.63) is 0 Å². The Morgan fingerprint density at radius 1 is 1.24 bits per heavy atom. The van der Waals surface area contributed by atoms with Gasteiger partial charge in [0.2, 0.25) is 0 Å². The molecule has 0 bridgehead atoms. The third-order valence-electron chi connectivity index (χ3n) is 5.23. The number of fused-ring (bicyclic) bond motifs is 1. The van der Waals surface area contributed by atoms with E-state index in [2.05, 4.69) is 19.2 Å². The molecule has 3 fully saturated rings. The molecule has 3 heteroatoms. The van der Waals surface area contributed by atoms with Crippen LogP contribution in [0.5, 0.6) is 0 Å². The summed E-state index contributed by atoms with van der Waals surface area (Å²) in [4.78, 5) is 0. The van der Waals surface area contributed by atoms with Crippen LogP contribution in [0.2, 0.25) is 0 Å². The molecular formula is C14H25NO2. The average Bonchev–Trinajstić information content (AvgIpc) is 2.93. The number of rotatable bonds is 3. The largest absolute Gasteiger partial charge is 0.381 e. The Morgan fingerprint density at radius 2 is 2.06 bits per heavy atom. The highest BCUT2D eigenvalue weighted by molar-refractivity contribution is 5.12. The van der Waals surface area contributed by atoms with Crippen molar-refractivity contribution in [2.24, 2.45) is 11.3 Å². The average molecular weight is 239 g/mol. The highest BCUT2D eigenvalue weighted by Crippen LogP contribution is 2.52. The Labute approximate surface area is 104 Å². The van der Waals surface area contributed by atoms with Gasteiger partial charge in [-0.05, 0) is 25.7 Å². The van der Waals surface area contributed by atoms with E-state index < -0.39 is 0 Å². The third-order valence-corrected chi connectivity index (χ3v) is 5.23. The first kappa shape index (κ1) is 11.9. The molecule has 1 heterocycles. The molecule has 5 unspecified atom stereocenters. The van der Waals surface area contributed by atoms with Gasteiger partial charge in [-0.15, -0.1) is 0 Å². The molecular weight excluding hydrogens is 214 g/mol. The van der Waals surface area contributed by atoms with Crippen LogP contribution in [0.25, 0.3) is 0 Å². The van der Waals surface area contributed by atoms with Crippen LogP contribution in [0.15, 0.2) is 0 Å². The van der Waals surface area contributed by atoms with Crippen molar-refractivity contribution < 1.29 is 9.47 Å². The molecule has 1 N–H and O–H groups in total. The van der Waals surface area contributed by atoms with Crippen molar-refractivity contribution in [1.82, 2.24) is 5.32 Å². The van der Waals surface area contributed by atoms with Crippen LogP contribution in [-0.2, 0) is 9.47 Å². The van der Waals surface area contributed by atoms with Crippen LogP contribution in [0.3, 0.4) is 0 Å². The minimum absolute atomic E-state index is 0.312. The maximum atomic E-state index is 5.84. The highest BCUT2D eigenvalue weighted by Gasteiger charge is 2.59. The molecule has 3 aliphatic rings. The summed E-state index contributed by atoms with van der Waals surface area (Å²) in [6, 6.07) is 1.31. The second kappa shape index (κ2) is 4.22. The van der Waals surface area contributed by atoms with Crippen molar-refractivity contribution in [2.75, 3.05) is 13.7 Å². The van der Waals surface area contributed by atoms with Crippen LogP contribution in [0.1, 0.15) is 39.5 Å². The van der Waals surface area contributed by atoms with Gasteiger partial charge in [-0.1, -0.05) is 13.8 Å². The van der Waals surface area contributed by atoms with Gasteiger partial charge in [-0.3, -0.25) is 0 Å². The molecule has 1 aliphatic heterocycles. The zero-order chi connectivity index (χ0) is 12.0. The molecule has 3 rings (SSSR count). The number of hydrogen-bond donors (Lipinski definition) is 1. The van der Waals surface area contributed by atoms with Gasteiger partial charge in [-0.25, -0.2) is 0 Å². The monoisotopic (exact) mass is 239 g/mol. The van der Waals surface area contributed by atoms with Gasteiger partial charge in [-0.2, -0.15) is 0 Å². The van der Waals surface area contributed by atoms with Crippen molar-refractivity contribution >= 4 is 0 Å². The number of ether oxygens (including phenoxy) is 2. The van der Waals surface area contributed by atoms with E-state index in [-0.39, 0.29) is 0 Å². The summed E-state index contributed by atoms with van der Waals surface area (Å²) < 4.78 is 11.3. The van der Waals surface area contributed by atoms with E-state index in [9.17, 15) is 0 Å². The van der Waals surface area contributed by atoms with E-state index in [0.29, 0.717) is 29.7 Å². The molecule has 0 aromatic heterocycles. The molecule has 0 aromatic carbocycles. The van der Waals surface area contributed by atoms with E-state index >= 15 is 0 Å². The summed E-state index contributed by atoms with van der Waals surface area (Å²) in [6.07, 6.45) is 5.88. The van der Waals surface area contributed by atoms with E-state index in [1.165, 1.54) is 25.7 Å². The first-order valence-corrected chi connectivity index (χ1v) is 7.03. The van der Waals surface area contributed by atoms with E-state index in [1.54, 1.807) is 0 Å². The van der Waals surface area contributed by atoms with Crippen molar-refractivity contribution in [1.29, 1.82) is 0 Å². The molecule has 5 atom stereocenters. The topological polar surface area (TPSA) is 30.5 Å². The van der Waals surface area contributed by atoms with Gasteiger partial charge in [0.25, 0.3) is 0 Å². The Bertz CT molecular complexity index is 292. The minimum Gasteiger partial charge on any atom is -0.381 e. The van der Waals surface area contributed by atoms with E-state index in [1.807, 2.05) is 7.11 Å². The first-order valence-electron chi connectivity index (χ1n) is 7.03. The minimum atomic E-state index is 0.312. The van der Waals surface area contributed by atoms with E-state index in [4.69, 9.17) is 9.47 Å². The Balaban J connectivity index is 1.59. The Hall–Kier alpha value is -0.120. The lowest BCUT2D eigenvalue weighted by Gasteiger charge is -2.55. The van der Waals surface area contributed by atoms with Crippen molar-refractivity contribution in [3.8, 4) is 0 Å². The summed E-state index contributed by atoms with van der Waals surface area (Å²) in [6.45, 7) is 5.65. The zero-order valence-corrected chi connectivity index (χ0v) is 11.2. The predicted molar refractivity (Wildman–Crippen MR) is 67.0 cm³/mol. The number of hydrogen-bond acceptors (Lipinski definition) is 3. The van der Waals surface area contributed by atoms with Gasteiger partial charge in [0, 0.05) is 37.1 Å². The summed E-state index contributed by atoms with van der Waals surface area (Å²) in [5.41, 5.74) is 0.312. The van der Waals surface area contributed by atoms with Crippen LogP contribution < -0.4 is 5.32 Å². The zero-order valence-electron chi connectivity index (χ0n) is 11.2. The lowest BCUT2D eigenvalue weighted by atomic mass is 9.57. The normalized spacial score (nSPS) is 47.8. The van der Waals surface area contributed by atoms with Gasteiger partial charge >= 0.3 is 0 Å². The fourth-order valence-corrected chi connectivity index (χ4v) is 4.22. The van der Waals surface area contributed by atoms with Gasteiger partial charge in [0.05, 0.1) is 12.2 Å². The lowest BCUT2D eigenvalue weighted by molar-refractivity contribution is -0.115. The van der Waals surface area contributed by atoms with Gasteiger partial charge < -0.3 is 14.8 Å². The molecule has 2 saturated carbocycles. The number of nitrogens with one attached hydrogen (secondary N) is 1. The summed E-state index contributed by atoms with van der Waals surface area (Å²) in [7, 11) is 1.83. The summed E-state index contributed by atoms with van der Waals surface area (Å²) >= 11 is 0. The van der Waals surface area contributed by atoms with Crippen LogP contribution in [0.4, 0.5) is 0 Å². The number of methoxy groups -OCH3 is 1. The van der Waals surface area contributed by atoms with Crippen LogP contribution in [-0.4, -0.2) is 38.0 Å². The summed E-state index contributed by atoms with van der Waals surface area (Å²) in [5.74, 6) is 0.756. The lowest BCUT2D eigenvalue weighted by Crippen LogP contribution is -2.67. The molecule has 0 amide bonds. The summed E-state index contributed by atoms with van der Waals surface area (Å²) in [5, 5.41) is 3.88. The molecule has 98 valence electrons. The molecule has 2 aliphatic carbocycles. The van der Waals surface area contributed by atoms with Gasteiger partial charge in [0.15, 0.2) is 0 Å². The highest BCUT2D eigenvalue weighted by atomic mass is 16.5. The predicted octanol–water partition coefficient (Wildman–Crippen LogP) is 1.96. The molecule has 0 spiro atoms. The van der Waals surface area contributed by atoms with Crippen molar-refractivity contribution in [2.45, 2.75) is 63.8 Å². The second-order valence-electron chi connectivity index (χ2n) is 6.58. The van der Waals surface area contributed by atoms with Crippen molar-refractivity contribution in [3.63, 3.8) is 0 Å². The molecule has 0 radical (unpaired) electrons. The Kier molecular flexibility index (Phi) is 2.96. The third kappa shape index (κ3) is 1.83. The molecule has 17 heavy (non-hydrogen) atoms. The fourth-order valence-electron chi connectivity index (χ4n) is 4.22.